The molecule has 2 aromatic heterocycles. The Labute approximate surface area is 160 Å². The third-order valence-corrected chi connectivity index (χ3v) is 5.21. The number of fused-ring (bicyclic) bond motifs is 1. The van der Waals surface area contributed by atoms with Gasteiger partial charge in [0.2, 0.25) is 0 Å². The summed E-state index contributed by atoms with van der Waals surface area (Å²) in [7, 11) is 0. The summed E-state index contributed by atoms with van der Waals surface area (Å²) in [4.78, 5) is 17.7. The van der Waals surface area contributed by atoms with Crippen LogP contribution in [0.5, 0.6) is 0 Å². The number of hydrogen-bond acceptors (Lipinski definition) is 3. The highest BCUT2D eigenvalue weighted by molar-refractivity contribution is 7.17. The first kappa shape index (κ1) is 18.4. The van der Waals surface area contributed by atoms with E-state index in [0.29, 0.717) is 26.9 Å². The third kappa shape index (κ3) is 3.43. The highest BCUT2D eigenvalue weighted by Gasteiger charge is 2.30. The Morgan fingerprint density at radius 2 is 1.82 bits per heavy atom. The Morgan fingerprint density at radius 1 is 1.07 bits per heavy atom. The van der Waals surface area contributed by atoms with Crippen LogP contribution < -0.4 is 5.56 Å². The van der Waals surface area contributed by atoms with Crippen LogP contribution in [0, 0.1) is 5.82 Å². The van der Waals surface area contributed by atoms with E-state index < -0.39 is 11.7 Å². The van der Waals surface area contributed by atoms with Crippen LogP contribution in [0.4, 0.5) is 17.6 Å². The molecule has 0 fully saturated rings. The van der Waals surface area contributed by atoms with Crippen LogP contribution in [0.15, 0.2) is 65.0 Å². The average Bonchev–Trinajstić information content (AvgIpc) is 3.09. The lowest BCUT2D eigenvalue weighted by molar-refractivity contribution is -0.137. The summed E-state index contributed by atoms with van der Waals surface area (Å²) in [5, 5.41) is 2.13. The number of benzene rings is 2. The highest BCUT2D eigenvalue weighted by Crippen LogP contribution is 2.31. The molecule has 2 aromatic carbocycles. The molecule has 4 aromatic rings. The number of hydrogen-bond donors (Lipinski definition) is 0. The van der Waals surface area contributed by atoms with Crippen molar-refractivity contribution in [2.24, 2.45) is 0 Å². The van der Waals surface area contributed by atoms with E-state index in [2.05, 4.69) is 4.98 Å². The quantitative estimate of drug-likeness (QED) is 0.433. The molecule has 142 valence electrons. The molecule has 0 atom stereocenters. The van der Waals surface area contributed by atoms with Crippen molar-refractivity contribution in [1.82, 2.24) is 9.55 Å². The second-order valence-corrected chi connectivity index (χ2v) is 7.07. The third-order valence-electron chi connectivity index (χ3n) is 4.32. The second kappa shape index (κ2) is 6.87. The van der Waals surface area contributed by atoms with Crippen molar-refractivity contribution in [3.63, 3.8) is 0 Å². The summed E-state index contributed by atoms with van der Waals surface area (Å²) in [5.41, 5.74) is 0.508. The SMILES string of the molecule is O=c1c2c(-c3ccc(F)cc3)csc2ncn1Cc1cccc(C(F)(F)F)c1. The molecule has 0 aliphatic carbocycles. The molecule has 28 heavy (non-hydrogen) atoms. The summed E-state index contributed by atoms with van der Waals surface area (Å²) in [6, 6.07) is 10.6. The van der Waals surface area contributed by atoms with Crippen molar-refractivity contribution in [1.29, 1.82) is 0 Å². The van der Waals surface area contributed by atoms with Crippen molar-refractivity contribution in [2.45, 2.75) is 12.7 Å². The standard InChI is InChI=1S/C20H12F4N2OS/c21-15-6-4-13(5-7-15)16-10-28-18-17(16)19(27)26(11-25-18)9-12-2-1-3-14(8-12)20(22,23)24/h1-8,10-11H,9H2. The van der Waals surface area contributed by atoms with Gasteiger partial charge in [0.15, 0.2) is 0 Å². The predicted octanol–water partition coefficient (Wildman–Crippen LogP) is 5.33. The normalized spacial score (nSPS) is 11.9. The van der Waals surface area contributed by atoms with E-state index in [9.17, 15) is 22.4 Å². The van der Waals surface area contributed by atoms with Crippen LogP contribution in [-0.4, -0.2) is 9.55 Å². The van der Waals surface area contributed by atoms with Crippen LogP contribution in [0.2, 0.25) is 0 Å². The first-order valence-corrected chi connectivity index (χ1v) is 9.09. The number of rotatable bonds is 3. The fourth-order valence-electron chi connectivity index (χ4n) is 2.96. The van der Waals surface area contributed by atoms with Gasteiger partial charge in [0.1, 0.15) is 10.6 Å². The maximum atomic E-state index is 13.2. The van der Waals surface area contributed by atoms with E-state index in [-0.39, 0.29) is 17.9 Å². The van der Waals surface area contributed by atoms with Gasteiger partial charge in [-0.15, -0.1) is 11.3 Å². The molecule has 0 aliphatic heterocycles. The van der Waals surface area contributed by atoms with E-state index in [1.807, 2.05) is 0 Å². The molecule has 0 saturated heterocycles. The number of halogens is 4. The van der Waals surface area contributed by atoms with Gasteiger partial charge in [0.25, 0.3) is 5.56 Å². The van der Waals surface area contributed by atoms with Crippen LogP contribution >= 0.6 is 11.3 Å². The lowest BCUT2D eigenvalue weighted by atomic mass is 10.1. The average molecular weight is 404 g/mol. The molecule has 0 spiro atoms. The van der Waals surface area contributed by atoms with Gasteiger partial charge in [-0.25, -0.2) is 9.37 Å². The zero-order chi connectivity index (χ0) is 19.9. The van der Waals surface area contributed by atoms with Crippen LogP contribution in [0.3, 0.4) is 0 Å². The molecule has 2 heterocycles. The monoisotopic (exact) mass is 404 g/mol. The molecule has 0 aliphatic rings. The number of thiophene rings is 1. The molecule has 0 bridgehead atoms. The Morgan fingerprint density at radius 3 is 2.54 bits per heavy atom. The van der Waals surface area contributed by atoms with Crippen LogP contribution in [-0.2, 0) is 12.7 Å². The topological polar surface area (TPSA) is 34.9 Å². The van der Waals surface area contributed by atoms with Crippen molar-refractivity contribution in [3.05, 3.63) is 87.5 Å². The fraction of sp³-hybridized carbons (Fsp3) is 0.100. The van der Waals surface area contributed by atoms with E-state index in [1.165, 1.54) is 46.5 Å². The zero-order valence-electron chi connectivity index (χ0n) is 14.2. The minimum Gasteiger partial charge on any atom is -0.294 e. The minimum atomic E-state index is -4.45. The van der Waals surface area contributed by atoms with Crippen LogP contribution in [0.25, 0.3) is 21.3 Å². The van der Waals surface area contributed by atoms with Gasteiger partial charge >= 0.3 is 6.18 Å². The summed E-state index contributed by atoms with van der Waals surface area (Å²) in [5.74, 6) is -0.386. The minimum absolute atomic E-state index is 0.0373. The lowest BCUT2D eigenvalue weighted by Gasteiger charge is -2.10. The Bertz CT molecular complexity index is 1210. The van der Waals surface area contributed by atoms with Crippen molar-refractivity contribution < 1.29 is 17.6 Å². The second-order valence-electron chi connectivity index (χ2n) is 6.21. The van der Waals surface area contributed by atoms with E-state index >= 15 is 0 Å². The molecule has 8 heteroatoms. The maximum absolute atomic E-state index is 13.2. The van der Waals surface area contributed by atoms with Gasteiger partial charge < -0.3 is 0 Å². The molecule has 0 unspecified atom stereocenters. The molecule has 0 saturated carbocycles. The maximum Gasteiger partial charge on any atom is 0.416 e. The largest absolute Gasteiger partial charge is 0.416 e. The smallest absolute Gasteiger partial charge is 0.294 e. The Hall–Kier alpha value is -3.00. The van der Waals surface area contributed by atoms with Gasteiger partial charge in [0.05, 0.1) is 23.8 Å². The lowest BCUT2D eigenvalue weighted by Crippen LogP contribution is -2.21. The summed E-state index contributed by atoms with van der Waals surface area (Å²) in [6.45, 7) is -0.0373. The molecular formula is C20H12F4N2OS. The van der Waals surface area contributed by atoms with Gasteiger partial charge in [-0.2, -0.15) is 13.2 Å². The van der Waals surface area contributed by atoms with E-state index in [1.54, 1.807) is 17.5 Å². The van der Waals surface area contributed by atoms with E-state index in [0.717, 1.165) is 12.1 Å². The first-order valence-electron chi connectivity index (χ1n) is 8.21. The van der Waals surface area contributed by atoms with Gasteiger partial charge in [-0.3, -0.25) is 9.36 Å². The molecule has 0 amide bonds. The molecule has 3 nitrogen and oxygen atoms in total. The Kier molecular flexibility index (Phi) is 4.50. The first-order chi connectivity index (χ1) is 13.3. The predicted molar refractivity (Wildman–Crippen MR) is 99.8 cm³/mol. The number of alkyl halides is 3. The number of nitrogens with zero attached hydrogens (tertiary/aromatic N) is 2. The molecule has 4 rings (SSSR count). The van der Waals surface area contributed by atoms with Crippen molar-refractivity contribution >= 4 is 21.6 Å². The molecular weight excluding hydrogens is 392 g/mol. The van der Waals surface area contributed by atoms with Crippen LogP contribution in [0.1, 0.15) is 11.1 Å². The number of aromatic nitrogens is 2. The van der Waals surface area contributed by atoms with Crippen molar-refractivity contribution in [3.8, 4) is 11.1 Å². The highest BCUT2D eigenvalue weighted by atomic mass is 32.1. The summed E-state index contributed by atoms with van der Waals surface area (Å²) in [6.07, 6.45) is -3.12. The van der Waals surface area contributed by atoms with Crippen molar-refractivity contribution in [2.75, 3.05) is 0 Å². The van der Waals surface area contributed by atoms with Gasteiger partial charge in [-0.1, -0.05) is 24.3 Å². The molecule has 0 N–H and O–H groups in total. The fourth-order valence-corrected chi connectivity index (χ4v) is 3.87. The Balaban J connectivity index is 1.77. The summed E-state index contributed by atoms with van der Waals surface area (Å²) < 4.78 is 53.2. The van der Waals surface area contributed by atoms with Gasteiger partial charge in [0, 0.05) is 10.9 Å². The zero-order valence-corrected chi connectivity index (χ0v) is 15.0. The van der Waals surface area contributed by atoms with Gasteiger partial charge in [-0.05, 0) is 35.4 Å². The van der Waals surface area contributed by atoms with E-state index in [4.69, 9.17) is 0 Å². The molecule has 0 radical (unpaired) electrons. The summed E-state index contributed by atoms with van der Waals surface area (Å²) >= 11 is 1.28.